The molecule has 1 aromatic heterocycles. The van der Waals surface area contributed by atoms with Crippen LogP contribution in [-0.4, -0.2) is 32.4 Å². The molecule has 0 amide bonds. The van der Waals surface area contributed by atoms with Crippen LogP contribution in [0.1, 0.15) is 18.4 Å². The average Bonchev–Trinajstić information content (AvgIpc) is 2.98. The van der Waals surface area contributed by atoms with Crippen molar-refractivity contribution >= 4 is 37.3 Å². The minimum absolute atomic E-state index is 0.0212. The first-order valence-electron chi connectivity index (χ1n) is 7.57. The van der Waals surface area contributed by atoms with Gasteiger partial charge in [-0.2, -0.15) is 0 Å². The predicted octanol–water partition coefficient (Wildman–Crippen LogP) is 3.45. The number of benzene rings is 1. The van der Waals surface area contributed by atoms with Crippen LogP contribution in [-0.2, 0) is 16.6 Å². The second kappa shape index (κ2) is 7.44. The predicted molar refractivity (Wildman–Crippen MR) is 97.1 cm³/mol. The molecule has 0 unspecified atom stereocenters. The van der Waals surface area contributed by atoms with Crippen molar-refractivity contribution in [3.05, 3.63) is 51.8 Å². The molecule has 1 aromatic carbocycles. The highest BCUT2D eigenvalue weighted by molar-refractivity contribution is 9.11. The van der Waals surface area contributed by atoms with Crippen molar-refractivity contribution in [2.75, 3.05) is 13.1 Å². The average molecular weight is 415 g/mol. The summed E-state index contributed by atoms with van der Waals surface area (Å²) < 4.78 is 28.7. The fourth-order valence-corrected chi connectivity index (χ4v) is 6.10. The SMILES string of the molecule is O=S(=O)(NC1CCN(Cc2ccccc2)CC1)c1ccc(Br)s1. The number of sulfonamides is 1. The molecule has 0 spiro atoms. The fourth-order valence-electron chi connectivity index (χ4n) is 2.77. The van der Waals surface area contributed by atoms with E-state index in [0.29, 0.717) is 4.21 Å². The number of nitrogens with zero attached hydrogens (tertiary/aromatic N) is 1. The van der Waals surface area contributed by atoms with Gasteiger partial charge < -0.3 is 0 Å². The Labute approximate surface area is 149 Å². The standard InChI is InChI=1S/C16H19BrN2O2S2/c17-15-6-7-16(22-15)23(20,21)18-14-8-10-19(11-9-14)12-13-4-2-1-3-5-13/h1-7,14,18H,8-12H2. The van der Waals surface area contributed by atoms with Gasteiger partial charge in [-0.25, -0.2) is 13.1 Å². The van der Waals surface area contributed by atoms with E-state index in [1.54, 1.807) is 12.1 Å². The zero-order chi connectivity index (χ0) is 16.3. The highest BCUT2D eigenvalue weighted by Crippen LogP contribution is 2.26. The largest absolute Gasteiger partial charge is 0.299 e. The van der Waals surface area contributed by atoms with Crippen LogP contribution in [0.4, 0.5) is 0 Å². The van der Waals surface area contributed by atoms with E-state index in [9.17, 15) is 8.42 Å². The van der Waals surface area contributed by atoms with Gasteiger partial charge in [-0.1, -0.05) is 30.3 Å². The Bertz CT molecular complexity index is 738. The van der Waals surface area contributed by atoms with Crippen molar-refractivity contribution < 1.29 is 8.42 Å². The first-order valence-corrected chi connectivity index (χ1v) is 10.7. The lowest BCUT2D eigenvalue weighted by molar-refractivity contribution is 0.200. The van der Waals surface area contributed by atoms with Crippen molar-refractivity contribution in [1.29, 1.82) is 0 Å². The normalized spacial score (nSPS) is 17.4. The number of rotatable bonds is 5. The molecule has 1 saturated heterocycles. The van der Waals surface area contributed by atoms with E-state index in [2.05, 4.69) is 49.8 Å². The summed E-state index contributed by atoms with van der Waals surface area (Å²) in [6.07, 6.45) is 1.69. The van der Waals surface area contributed by atoms with Gasteiger partial charge >= 0.3 is 0 Å². The third kappa shape index (κ3) is 4.64. The molecule has 3 rings (SSSR count). The molecule has 0 radical (unpaired) electrons. The van der Waals surface area contributed by atoms with Crippen molar-refractivity contribution in [2.24, 2.45) is 0 Å². The van der Waals surface area contributed by atoms with E-state index in [1.807, 2.05) is 6.07 Å². The Balaban J connectivity index is 1.53. The maximum absolute atomic E-state index is 12.4. The van der Waals surface area contributed by atoms with E-state index in [1.165, 1.54) is 16.9 Å². The van der Waals surface area contributed by atoms with E-state index in [4.69, 9.17) is 0 Å². The molecule has 2 heterocycles. The molecule has 1 aliphatic rings. The molecule has 124 valence electrons. The summed E-state index contributed by atoms with van der Waals surface area (Å²) in [6.45, 7) is 2.75. The van der Waals surface area contributed by atoms with Crippen LogP contribution in [0.15, 0.2) is 50.5 Å². The fraction of sp³-hybridized carbons (Fsp3) is 0.375. The second-order valence-corrected chi connectivity index (χ2v) is 10.1. The van der Waals surface area contributed by atoms with E-state index < -0.39 is 10.0 Å². The van der Waals surface area contributed by atoms with Gasteiger partial charge in [-0.15, -0.1) is 11.3 Å². The molecule has 0 atom stereocenters. The highest BCUT2D eigenvalue weighted by atomic mass is 79.9. The molecule has 0 aliphatic carbocycles. The number of likely N-dealkylation sites (tertiary alicyclic amines) is 1. The van der Waals surface area contributed by atoms with Crippen molar-refractivity contribution in [3.8, 4) is 0 Å². The smallest absolute Gasteiger partial charge is 0.250 e. The molecular weight excluding hydrogens is 396 g/mol. The summed E-state index contributed by atoms with van der Waals surface area (Å²) in [7, 11) is -3.40. The third-order valence-corrected chi connectivity index (χ3v) is 7.61. The number of nitrogens with one attached hydrogen (secondary N) is 1. The van der Waals surface area contributed by atoms with Gasteiger partial charge in [-0.3, -0.25) is 4.90 Å². The molecule has 0 saturated carbocycles. The van der Waals surface area contributed by atoms with E-state index in [-0.39, 0.29) is 6.04 Å². The van der Waals surface area contributed by atoms with E-state index >= 15 is 0 Å². The lowest BCUT2D eigenvalue weighted by Crippen LogP contribution is -2.44. The Morgan fingerprint density at radius 3 is 2.43 bits per heavy atom. The zero-order valence-electron chi connectivity index (χ0n) is 12.6. The van der Waals surface area contributed by atoms with Gasteiger partial charge in [0.05, 0.1) is 3.79 Å². The minimum Gasteiger partial charge on any atom is -0.299 e. The van der Waals surface area contributed by atoms with Gasteiger partial charge in [0.2, 0.25) is 10.0 Å². The van der Waals surface area contributed by atoms with Crippen LogP contribution in [0.2, 0.25) is 0 Å². The highest BCUT2D eigenvalue weighted by Gasteiger charge is 2.25. The molecule has 7 heteroatoms. The maximum atomic E-state index is 12.4. The number of hydrogen-bond donors (Lipinski definition) is 1. The van der Waals surface area contributed by atoms with Crippen molar-refractivity contribution in [1.82, 2.24) is 9.62 Å². The van der Waals surface area contributed by atoms with Crippen molar-refractivity contribution in [2.45, 2.75) is 29.6 Å². The van der Waals surface area contributed by atoms with Gasteiger partial charge in [0.1, 0.15) is 4.21 Å². The van der Waals surface area contributed by atoms with Gasteiger partial charge in [0.15, 0.2) is 0 Å². The van der Waals surface area contributed by atoms with Crippen LogP contribution in [0.25, 0.3) is 0 Å². The lowest BCUT2D eigenvalue weighted by atomic mass is 10.1. The summed E-state index contributed by atoms with van der Waals surface area (Å²) in [6, 6.07) is 13.8. The second-order valence-electron chi connectivity index (χ2n) is 5.72. The number of hydrogen-bond acceptors (Lipinski definition) is 4. The monoisotopic (exact) mass is 414 g/mol. The molecule has 1 N–H and O–H groups in total. The summed E-state index contributed by atoms with van der Waals surface area (Å²) in [4.78, 5) is 2.38. The van der Waals surface area contributed by atoms with Crippen LogP contribution < -0.4 is 4.72 Å². The van der Waals surface area contributed by atoms with E-state index in [0.717, 1.165) is 36.3 Å². The van der Waals surface area contributed by atoms with Gasteiger partial charge in [0.25, 0.3) is 0 Å². The zero-order valence-corrected chi connectivity index (χ0v) is 15.8. The Hall–Kier alpha value is -0.730. The minimum atomic E-state index is -3.40. The quantitative estimate of drug-likeness (QED) is 0.814. The summed E-state index contributed by atoms with van der Waals surface area (Å²) in [5.74, 6) is 0. The number of piperidine rings is 1. The van der Waals surface area contributed by atoms with Gasteiger partial charge in [-0.05, 0) is 46.5 Å². The molecule has 0 bridgehead atoms. The first kappa shape index (κ1) is 17.1. The maximum Gasteiger partial charge on any atom is 0.250 e. The van der Waals surface area contributed by atoms with Crippen molar-refractivity contribution in [3.63, 3.8) is 0 Å². The summed E-state index contributed by atoms with van der Waals surface area (Å²) in [5.41, 5.74) is 1.30. The summed E-state index contributed by atoms with van der Waals surface area (Å²) >= 11 is 4.55. The number of halogens is 1. The molecule has 1 aliphatic heterocycles. The topological polar surface area (TPSA) is 49.4 Å². The Morgan fingerprint density at radius 1 is 1.13 bits per heavy atom. The van der Waals surface area contributed by atoms with Gasteiger partial charge in [0, 0.05) is 25.7 Å². The van der Waals surface area contributed by atoms with Crippen LogP contribution in [0.5, 0.6) is 0 Å². The third-order valence-electron chi connectivity index (χ3n) is 3.97. The van der Waals surface area contributed by atoms with Crippen LogP contribution >= 0.6 is 27.3 Å². The molecule has 1 fully saturated rings. The lowest BCUT2D eigenvalue weighted by Gasteiger charge is -2.32. The summed E-state index contributed by atoms with van der Waals surface area (Å²) in [5, 5.41) is 0. The first-order chi connectivity index (χ1) is 11.0. The molecule has 23 heavy (non-hydrogen) atoms. The number of thiophene rings is 1. The molecule has 2 aromatic rings. The Kier molecular flexibility index (Phi) is 5.53. The van der Waals surface area contributed by atoms with Crippen LogP contribution in [0.3, 0.4) is 0 Å². The molecular formula is C16H19BrN2O2S2. The molecule has 4 nitrogen and oxygen atoms in total. The Morgan fingerprint density at radius 2 is 1.83 bits per heavy atom. The van der Waals surface area contributed by atoms with Crippen LogP contribution in [0, 0.1) is 0 Å².